The molecule has 0 radical (unpaired) electrons. The topological polar surface area (TPSA) is 49.4 Å². The Balaban J connectivity index is 1.55. The lowest BCUT2D eigenvalue weighted by atomic mass is 9.76. The van der Waals surface area contributed by atoms with Crippen LogP contribution in [0, 0.1) is 0 Å². The van der Waals surface area contributed by atoms with Crippen LogP contribution < -0.4 is 5.32 Å². The third-order valence-electron chi connectivity index (χ3n) is 6.20. The summed E-state index contributed by atoms with van der Waals surface area (Å²) >= 11 is 0. The van der Waals surface area contributed by atoms with E-state index in [1.165, 1.54) is 12.1 Å². The van der Waals surface area contributed by atoms with Crippen LogP contribution in [0.1, 0.15) is 44.6 Å². The first-order chi connectivity index (χ1) is 15.3. The lowest BCUT2D eigenvalue weighted by Gasteiger charge is -2.45. The van der Waals surface area contributed by atoms with E-state index in [1.807, 2.05) is 24.3 Å². The van der Waals surface area contributed by atoms with Crippen molar-refractivity contribution in [2.45, 2.75) is 24.6 Å². The lowest BCUT2D eigenvalue weighted by Crippen LogP contribution is -2.49. The zero-order chi connectivity index (χ0) is 22.5. The van der Waals surface area contributed by atoms with Crippen molar-refractivity contribution >= 4 is 17.5 Å². The van der Waals surface area contributed by atoms with E-state index >= 15 is 0 Å². The van der Waals surface area contributed by atoms with Crippen LogP contribution in [0.3, 0.4) is 0 Å². The number of anilines is 1. The monoisotopic (exact) mass is 436 g/mol. The molecule has 162 valence electrons. The fourth-order valence-corrected chi connectivity index (χ4v) is 4.72. The van der Waals surface area contributed by atoms with Gasteiger partial charge in [0, 0.05) is 17.8 Å². The highest BCUT2D eigenvalue weighted by atomic mass is 19.4. The van der Waals surface area contributed by atoms with Gasteiger partial charge in [0.15, 0.2) is 0 Å². The van der Waals surface area contributed by atoms with E-state index in [1.54, 1.807) is 29.2 Å². The van der Waals surface area contributed by atoms with E-state index in [2.05, 4.69) is 5.32 Å². The Morgan fingerprint density at radius 3 is 2.28 bits per heavy atom. The number of rotatable bonds is 2. The molecule has 0 saturated heterocycles. The molecule has 0 saturated carbocycles. The summed E-state index contributed by atoms with van der Waals surface area (Å²) in [6, 6.07) is 18.7. The summed E-state index contributed by atoms with van der Waals surface area (Å²) in [7, 11) is 0. The van der Waals surface area contributed by atoms with Gasteiger partial charge in [-0.15, -0.1) is 0 Å². The van der Waals surface area contributed by atoms with Crippen molar-refractivity contribution in [3.05, 3.63) is 101 Å². The number of carbonyl (C=O) groups is 2. The first kappa shape index (κ1) is 20.3. The Morgan fingerprint density at radius 2 is 1.56 bits per heavy atom. The number of halogens is 3. The van der Waals surface area contributed by atoms with Gasteiger partial charge in [0.2, 0.25) is 5.91 Å². The molecule has 0 bridgehead atoms. The molecule has 32 heavy (non-hydrogen) atoms. The first-order valence-corrected chi connectivity index (χ1v) is 10.3. The fraction of sp³-hybridized carbons (Fsp3) is 0.200. The largest absolute Gasteiger partial charge is 0.416 e. The van der Waals surface area contributed by atoms with Gasteiger partial charge in [-0.25, -0.2) is 0 Å². The van der Waals surface area contributed by atoms with Gasteiger partial charge in [-0.3, -0.25) is 9.59 Å². The van der Waals surface area contributed by atoms with Crippen LogP contribution in [-0.2, 0) is 17.4 Å². The molecular formula is C25H19F3N2O2. The van der Waals surface area contributed by atoms with Crippen LogP contribution in [0.5, 0.6) is 0 Å². The van der Waals surface area contributed by atoms with Crippen molar-refractivity contribution in [2.75, 3.05) is 11.9 Å². The van der Waals surface area contributed by atoms with Gasteiger partial charge in [-0.05, 0) is 53.4 Å². The van der Waals surface area contributed by atoms with Gasteiger partial charge in [0.25, 0.3) is 5.91 Å². The van der Waals surface area contributed by atoms with Gasteiger partial charge in [0.1, 0.15) is 0 Å². The summed E-state index contributed by atoms with van der Waals surface area (Å²) in [4.78, 5) is 28.5. The van der Waals surface area contributed by atoms with Crippen molar-refractivity contribution in [3.8, 4) is 0 Å². The zero-order valence-corrected chi connectivity index (χ0v) is 16.9. The molecule has 1 N–H and O–H groups in total. The SMILES string of the molecule is O=C(Nc1ccc(C(F)(F)F)cc1)[C@@H]1c2ccccc2C(=O)N2CCc3ccccc3[C@H]12. The second kappa shape index (κ2) is 7.51. The number of nitrogens with zero attached hydrogens (tertiary/aromatic N) is 1. The van der Waals surface area contributed by atoms with E-state index in [0.717, 1.165) is 23.3 Å². The molecule has 2 amide bonds. The van der Waals surface area contributed by atoms with Crippen molar-refractivity contribution < 1.29 is 22.8 Å². The molecular weight excluding hydrogens is 417 g/mol. The van der Waals surface area contributed by atoms with Crippen LogP contribution in [0.25, 0.3) is 0 Å². The predicted octanol–water partition coefficient (Wildman–Crippen LogP) is 5.18. The molecule has 7 heteroatoms. The highest BCUT2D eigenvalue weighted by Crippen LogP contribution is 2.46. The summed E-state index contributed by atoms with van der Waals surface area (Å²) < 4.78 is 38.6. The summed E-state index contributed by atoms with van der Waals surface area (Å²) in [5.41, 5.74) is 2.61. The summed E-state index contributed by atoms with van der Waals surface area (Å²) in [6.07, 6.45) is -3.74. The second-order valence-electron chi connectivity index (χ2n) is 8.02. The Labute approximate surface area is 182 Å². The molecule has 2 heterocycles. The highest BCUT2D eigenvalue weighted by Gasteiger charge is 2.46. The maximum Gasteiger partial charge on any atom is 0.416 e. The summed E-state index contributed by atoms with van der Waals surface area (Å²) in [5.74, 6) is -1.16. The number of nitrogens with one attached hydrogen (secondary N) is 1. The number of hydrogen-bond donors (Lipinski definition) is 1. The smallest absolute Gasteiger partial charge is 0.330 e. The van der Waals surface area contributed by atoms with Crippen molar-refractivity contribution in [2.24, 2.45) is 0 Å². The normalized spacial score (nSPS) is 19.6. The van der Waals surface area contributed by atoms with Gasteiger partial charge in [-0.1, -0.05) is 42.5 Å². The number of hydrogen-bond acceptors (Lipinski definition) is 2. The third-order valence-corrected chi connectivity index (χ3v) is 6.20. The average molecular weight is 436 g/mol. The zero-order valence-electron chi connectivity index (χ0n) is 16.9. The number of fused-ring (bicyclic) bond motifs is 4. The Bertz CT molecular complexity index is 1200. The standard InChI is InChI=1S/C25H19F3N2O2/c26-25(27,28)16-9-11-17(12-10-16)29-23(31)21-19-7-3-4-8-20(19)24(32)30-14-13-15-5-1-2-6-18(15)22(21)30/h1-12,21-22H,13-14H2,(H,29,31)/t21-,22-/m1/s1. The molecule has 2 aliphatic rings. The molecule has 4 nitrogen and oxygen atoms in total. The quantitative estimate of drug-likeness (QED) is 0.602. The van der Waals surface area contributed by atoms with E-state index < -0.39 is 23.7 Å². The summed E-state index contributed by atoms with van der Waals surface area (Å²) in [6.45, 7) is 0.499. The van der Waals surface area contributed by atoms with Crippen molar-refractivity contribution in [1.29, 1.82) is 0 Å². The van der Waals surface area contributed by atoms with Gasteiger partial charge >= 0.3 is 6.18 Å². The number of alkyl halides is 3. The maximum absolute atomic E-state index is 13.5. The molecule has 2 atom stereocenters. The molecule has 0 spiro atoms. The minimum absolute atomic E-state index is 0.112. The lowest BCUT2D eigenvalue weighted by molar-refractivity contribution is -0.137. The molecule has 0 unspecified atom stereocenters. The van der Waals surface area contributed by atoms with Gasteiger partial charge in [0.05, 0.1) is 17.5 Å². The number of benzene rings is 3. The molecule has 0 fully saturated rings. The molecule has 0 aromatic heterocycles. The molecule has 2 aliphatic heterocycles. The molecule has 3 aromatic rings. The summed E-state index contributed by atoms with van der Waals surface area (Å²) in [5, 5.41) is 2.77. The van der Waals surface area contributed by atoms with Gasteiger partial charge < -0.3 is 10.2 Å². The molecule has 5 rings (SSSR count). The van der Waals surface area contributed by atoms with Crippen LogP contribution >= 0.6 is 0 Å². The predicted molar refractivity (Wildman–Crippen MR) is 113 cm³/mol. The van der Waals surface area contributed by atoms with Crippen molar-refractivity contribution in [1.82, 2.24) is 4.90 Å². The fourth-order valence-electron chi connectivity index (χ4n) is 4.72. The van der Waals surface area contributed by atoms with Crippen molar-refractivity contribution in [3.63, 3.8) is 0 Å². The van der Waals surface area contributed by atoms with E-state index in [-0.39, 0.29) is 17.5 Å². The van der Waals surface area contributed by atoms with Crippen LogP contribution in [-0.4, -0.2) is 23.3 Å². The molecule has 3 aromatic carbocycles. The minimum atomic E-state index is -4.45. The number of amides is 2. The second-order valence-corrected chi connectivity index (χ2v) is 8.02. The van der Waals surface area contributed by atoms with Crippen LogP contribution in [0.2, 0.25) is 0 Å². The molecule has 0 aliphatic carbocycles. The minimum Gasteiger partial charge on any atom is -0.330 e. The average Bonchev–Trinajstić information content (AvgIpc) is 2.79. The van der Waals surface area contributed by atoms with Gasteiger partial charge in [-0.2, -0.15) is 13.2 Å². The Hall–Kier alpha value is -3.61. The highest BCUT2D eigenvalue weighted by molar-refractivity contribution is 6.04. The Morgan fingerprint density at radius 1 is 0.906 bits per heavy atom. The van der Waals surface area contributed by atoms with E-state index in [4.69, 9.17) is 0 Å². The first-order valence-electron chi connectivity index (χ1n) is 10.3. The van der Waals surface area contributed by atoms with Crippen LogP contribution in [0.15, 0.2) is 72.8 Å². The van der Waals surface area contributed by atoms with E-state index in [9.17, 15) is 22.8 Å². The van der Waals surface area contributed by atoms with E-state index in [0.29, 0.717) is 24.1 Å². The maximum atomic E-state index is 13.5. The van der Waals surface area contributed by atoms with Crippen LogP contribution in [0.4, 0.5) is 18.9 Å². The number of carbonyl (C=O) groups excluding carboxylic acids is 2. The third kappa shape index (κ3) is 3.34. The Kier molecular flexibility index (Phi) is 4.77.